The van der Waals surface area contributed by atoms with E-state index >= 15 is 0 Å². The van der Waals surface area contributed by atoms with Crippen molar-refractivity contribution in [1.82, 2.24) is 4.90 Å². The quantitative estimate of drug-likeness (QED) is 0.248. The summed E-state index contributed by atoms with van der Waals surface area (Å²) in [6.07, 6.45) is -2.69. The van der Waals surface area contributed by atoms with Crippen LogP contribution in [0.25, 0.3) is 0 Å². The van der Waals surface area contributed by atoms with Crippen molar-refractivity contribution < 1.29 is 36.7 Å². The molecule has 1 aromatic carbocycles. The molecule has 2 aliphatic rings. The number of nitrogens with zero attached hydrogens (tertiary/aromatic N) is 1. The largest absolute Gasteiger partial charge is 0.491 e. The van der Waals surface area contributed by atoms with Gasteiger partial charge in [0.1, 0.15) is 5.82 Å². The Balaban J connectivity index is 1.82. The van der Waals surface area contributed by atoms with Gasteiger partial charge < -0.3 is 4.74 Å². The van der Waals surface area contributed by atoms with E-state index in [4.69, 9.17) is 0 Å². The number of hydrogen-bond donors (Lipinski definition) is 1. The van der Waals surface area contributed by atoms with Crippen molar-refractivity contribution in [2.24, 2.45) is 5.92 Å². The van der Waals surface area contributed by atoms with Gasteiger partial charge in [0.15, 0.2) is 5.78 Å². The van der Waals surface area contributed by atoms with Crippen molar-refractivity contribution >= 4 is 30.4 Å². The first-order chi connectivity index (χ1) is 14.1. The lowest BCUT2D eigenvalue weighted by molar-refractivity contribution is -0.200. The summed E-state index contributed by atoms with van der Waals surface area (Å²) in [5.41, 5.74) is 0.496. The average molecular weight is 445 g/mol. The molecule has 1 heterocycles. The Bertz CT molecular complexity index is 882. The van der Waals surface area contributed by atoms with E-state index in [0.29, 0.717) is 13.0 Å². The average Bonchev–Trinajstić information content (AvgIpc) is 3.50. The first-order valence-electron chi connectivity index (χ1n) is 9.31. The zero-order valence-electron chi connectivity index (χ0n) is 15.7. The second kappa shape index (κ2) is 8.89. The molecule has 1 aromatic rings. The number of esters is 2. The Morgan fingerprint density at radius 3 is 2.43 bits per heavy atom. The van der Waals surface area contributed by atoms with E-state index < -0.39 is 35.2 Å². The Labute approximate surface area is 175 Å². The normalized spacial score (nSPS) is 22.6. The minimum Gasteiger partial charge on any atom is -0.383 e. The number of thiol groups is 1. The molecule has 2 fully saturated rings. The summed E-state index contributed by atoms with van der Waals surface area (Å²) in [5, 5.41) is -0.480. The number of hydrogen-bond acceptors (Lipinski definition) is 6. The molecule has 1 aliphatic heterocycles. The third-order valence-electron chi connectivity index (χ3n) is 5.05. The lowest BCUT2D eigenvalue weighted by Gasteiger charge is -2.37. The standard InChI is InChI=1S/C20H19F4NO4S/c21-14-4-2-1-3-13(14)17(18(27)11-5-6-11)25-8-7-15(30)12(10-25)9-16(26)29-19(28)20(22,23)24/h1-4,9,11,15,17,30H,5-8,10H2. The fourth-order valence-corrected chi connectivity index (χ4v) is 3.67. The Hall–Kier alpha value is -2.20. The predicted octanol–water partition coefficient (Wildman–Crippen LogP) is 3.41. The Kier molecular flexibility index (Phi) is 6.66. The van der Waals surface area contributed by atoms with Gasteiger partial charge in [0.05, 0.1) is 6.04 Å². The van der Waals surface area contributed by atoms with Crippen LogP contribution in [0.3, 0.4) is 0 Å². The number of carbonyl (C=O) groups excluding carboxylic acids is 3. The molecule has 0 N–H and O–H groups in total. The van der Waals surface area contributed by atoms with Gasteiger partial charge in [-0.25, -0.2) is 14.0 Å². The molecule has 5 nitrogen and oxygen atoms in total. The maximum atomic E-state index is 14.5. The van der Waals surface area contributed by atoms with Gasteiger partial charge in [0, 0.05) is 35.9 Å². The summed E-state index contributed by atoms with van der Waals surface area (Å²) >= 11 is 4.33. The number of likely N-dealkylation sites (tertiary alicyclic amines) is 1. The van der Waals surface area contributed by atoms with Gasteiger partial charge in [-0.2, -0.15) is 25.8 Å². The van der Waals surface area contributed by atoms with E-state index in [1.807, 2.05) is 0 Å². The van der Waals surface area contributed by atoms with E-state index in [1.165, 1.54) is 18.2 Å². The van der Waals surface area contributed by atoms with Gasteiger partial charge in [-0.05, 0) is 30.9 Å². The highest BCUT2D eigenvalue weighted by Crippen LogP contribution is 2.39. The SMILES string of the molecule is O=C(C=C1CN(C(C(=O)C2CC2)c2ccccc2F)CCC1S)OC(=O)C(F)(F)F. The van der Waals surface area contributed by atoms with Crippen molar-refractivity contribution in [2.75, 3.05) is 13.1 Å². The smallest absolute Gasteiger partial charge is 0.383 e. The summed E-state index contributed by atoms with van der Waals surface area (Å²) in [6, 6.07) is 5.03. The zero-order valence-corrected chi connectivity index (χ0v) is 16.6. The minimum atomic E-state index is -5.29. The number of halogens is 4. The highest BCUT2D eigenvalue weighted by molar-refractivity contribution is 7.81. The van der Waals surface area contributed by atoms with Crippen LogP contribution in [0.2, 0.25) is 0 Å². The van der Waals surface area contributed by atoms with Crippen molar-refractivity contribution in [3.8, 4) is 0 Å². The summed E-state index contributed by atoms with van der Waals surface area (Å²) in [6.45, 7) is 0.375. The minimum absolute atomic E-state index is 0.000929. The maximum Gasteiger partial charge on any atom is 0.491 e. The van der Waals surface area contributed by atoms with E-state index in [2.05, 4.69) is 17.4 Å². The highest BCUT2D eigenvalue weighted by atomic mass is 32.1. The lowest BCUT2D eigenvalue weighted by Crippen LogP contribution is -2.43. The molecule has 10 heteroatoms. The predicted molar refractivity (Wildman–Crippen MR) is 101 cm³/mol. The maximum absolute atomic E-state index is 14.5. The molecule has 162 valence electrons. The van der Waals surface area contributed by atoms with Crippen molar-refractivity contribution in [3.63, 3.8) is 0 Å². The van der Waals surface area contributed by atoms with Crippen molar-refractivity contribution in [3.05, 3.63) is 47.3 Å². The first kappa shape index (κ1) is 22.5. The zero-order chi connectivity index (χ0) is 22.1. The number of alkyl halides is 3. The molecule has 1 aliphatic carbocycles. The number of ether oxygens (including phenoxy) is 1. The van der Waals surface area contributed by atoms with E-state index in [0.717, 1.165) is 18.9 Å². The summed E-state index contributed by atoms with van der Waals surface area (Å²) < 4.78 is 55.1. The number of ketones is 1. The molecule has 0 aromatic heterocycles. The third-order valence-corrected chi connectivity index (χ3v) is 5.64. The van der Waals surface area contributed by atoms with Crippen LogP contribution in [0.5, 0.6) is 0 Å². The summed E-state index contributed by atoms with van der Waals surface area (Å²) in [7, 11) is 0. The van der Waals surface area contributed by atoms with Gasteiger partial charge in [0.25, 0.3) is 0 Å². The van der Waals surface area contributed by atoms with E-state index in [-0.39, 0.29) is 29.4 Å². The number of Topliss-reactive ketones (excluding diaryl/α,β-unsaturated/α-hetero) is 1. The molecule has 0 bridgehead atoms. The molecular weight excluding hydrogens is 426 g/mol. The third kappa shape index (κ3) is 5.28. The Morgan fingerprint density at radius 2 is 1.83 bits per heavy atom. The molecular formula is C20H19F4NO4S. The van der Waals surface area contributed by atoms with Gasteiger partial charge in [-0.15, -0.1) is 0 Å². The molecule has 1 saturated heterocycles. The molecule has 1 saturated carbocycles. The number of carbonyl (C=O) groups is 3. The number of piperidine rings is 1. The van der Waals surface area contributed by atoms with Gasteiger partial charge in [0.2, 0.25) is 0 Å². The van der Waals surface area contributed by atoms with E-state index in [1.54, 1.807) is 11.0 Å². The van der Waals surface area contributed by atoms with Gasteiger partial charge in [-0.1, -0.05) is 18.2 Å². The van der Waals surface area contributed by atoms with Gasteiger partial charge >= 0.3 is 18.1 Å². The van der Waals surface area contributed by atoms with Crippen LogP contribution in [-0.2, 0) is 19.1 Å². The van der Waals surface area contributed by atoms with Crippen LogP contribution in [-0.4, -0.2) is 47.1 Å². The van der Waals surface area contributed by atoms with Crippen molar-refractivity contribution in [2.45, 2.75) is 36.7 Å². The number of benzene rings is 1. The molecule has 2 unspecified atom stereocenters. The fourth-order valence-electron chi connectivity index (χ4n) is 3.40. The molecule has 0 radical (unpaired) electrons. The lowest BCUT2D eigenvalue weighted by atomic mass is 9.93. The van der Waals surface area contributed by atoms with E-state index in [9.17, 15) is 31.9 Å². The topological polar surface area (TPSA) is 63.7 Å². The second-order valence-corrected chi connectivity index (χ2v) is 7.92. The first-order valence-corrected chi connectivity index (χ1v) is 9.83. The molecule has 0 amide bonds. The summed E-state index contributed by atoms with van der Waals surface area (Å²) in [5.74, 6) is -4.91. The molecule has 3 rings (SSSR count). The van der Waals surface area contributed by atoms with Gasteiger partial charge in [-0.3, -0.25) is 9.69 Å². The Morgan fingerprint density at radius 1 is 1.17 bits per heavy atom. The van der Waals surface area contributed by atoms with Crippen LogP contribution in [0.1, 0.15) is 30.9 Å². The molecule has 2 atom stereocenters. The molecule has 30 heavy (non-hydrogen) atoms. The van der Waals surface area contributed by atoms with Crippen LogP contribution in [0.15, 0.2) is 35.9 Å². The molecule has 0 spiro atoms. The fraction of sp³-hybridized carbons (Fsp3) is 0.450. The summed E-state index contributed by atoms with van der Waals surface area (Å²) in [4.78, 5) is 37.2. The number of rotatable bonds is 5. The monoisotopic (exact) mass is 445 g/mol. The second-order valence-electron chi connectivity index (χ2n) is 7.30. The highest BCUT2D eigenvalue weighted by Gasteiger charge is 2.43. The van der Waals surface area contributed by atoms with Crippen LogP contribution < -0.4 is 0 Å². The van der Waals surface area contributed by atoms with Crippen LogP contribution in [0, 0.1) is 11.7 Å². The van der Waals surface area contributed by atoms with Crippen LogP contribution in [0.4, 0.5) is 17.6 Å². The van der Waals surface area contributed by atoms with Crippen molar-refractivity contribution in [1.29, 1.82) is 0 Å². The van der Waals surface area contributed by atoms with Crippen LogP contribution >= 0.6 is 12.6 Å².